The minimum Gasteiger partial charge on any atom is -0.354 e. The first kappa shape index (κ1) is 17.2. The van der Waals surface area contributed by atoms with Crippen molar-refractivity contribution in [3.05, 3.63) is 0 Å². The lowest BCUT2D eigenvalue weighted by Gasteiger charge is -2.32. The quantitative estimate of drug-likeness (QED) is 0.643. The highest BCUT2D eigenvalue weighted by molar-refractivity contribution is 7.88. The summed E-state index contributed by atoms with van der Waals surface area (Å²) in [7, 11) is -3.16. The largest absolute Gasteiger partial charge is 0.354 e. The van der Waals surface area contributed by atoms with Gasteiger partial charge in [-0.15, -0.1) is 0 Å². The van der Waals surface area contributed by atoms with Gasteiger partial charge in [-0.25, -0.2) is 8.42 Å². The number of sulfonamides is 1. The number of piperazine rings is 1. The van der Waals surface area contributed by atoms with Crippen LogP contribution in [0.2, 0.25) is 0 Å². The van der Waals surface area contributed by atoms with Crippen molar-refractivity contribution in [3.8, 4) is 0 Å². The molecule has 0 aromatic rings. The smallest absolute Gasteiger partial charge is 0.242 e. The fourth-order valence-corrected chi connectivity index (χ4v) is 3.57. The van der Waals surface area contributed by atoms with Gasteiger partial charge in [0.25, 0.3) is 0 Å². The van der Waals surface area contributed by atoms with Crippen LogP contribution >= 0.6 is 0 Å². The molecule has 0 spiro atoms. The van der Waals surface area contributed by atoms with Gasteiger partial charge in [-0.3, -0.25) is 14.5 Å². The van der Waals surface area contributed by atoms with Crippen LogP contribution in [0.4, 0.5) is 0 Å². The summed E-state index contributed by atoms with van der Waals surface area (Å²) in [4.78, 5) is 25.7. The lowest BCUT2D eigenvalue weighted by Crippen LogP contribution is -2.53. The summed E-state index contributed by atoms with van der Waals surface area (Å²) in [5.74, 6) is -0.303. The Labute approximate surface area is 131 Å². The Kier molecular flexibility index (Phi) is 5.76. The van der Waals surface area contributed by atoms with Crippen molar-refractivity contribution in [1.82, 2.24) is 19.8 Å². The summed E-state index contributed by atoms with van der Waals surface area (Å²) in [5.41, 5.74) is 0. The zero-order valence-corrected chi connectivity index (χ0v) is 13.7. The highest BCUT2D eigenvalue weighted by Crippen LogP contribution is 2.07. The van der Waals surface area contributed by atoms with Crippen LogP contribution in [0, 0.1) is 0 Å². The Morgan fingerprint density at radius 2 is 1.95 bits per heavy atom. The first-order valence-corrected chi connectivity index (χ1v) is 9.45. The van der Waals surface area contributed by atoms with Crippen LogP contribution in [0.1, 0.15) is 19.3 Å². The summed E-state index contributed by atoms with van der Waals surface area (Å²) in [6.07, 6.45) is 3.71. The molecule has 0 radical (unpaired) electrons. The van der Waals surface area contributed by atoms with Crippen molar-refractivity contribution in [2.24, 2.45) is 0 Å². The molecule has 0 aromatic carbocycles. The average Bonchev–Trinajstić information content (AvgIpc) is 2.64. The van der Waals surface area contributed by atoms with Gasteiger partial charge >= 0.3 is 0 Å². The van der Waals surface area contributed by atoms with Gasteiger partial charge in [0.15, 0.2) is 0 Å². The molecule has 2 aliphatic heterocycles. The van der Waals surface area contributed by atoms with E-state index in [9.17, 15) is 18.0 Å². The summed E-state index contributed by atoms with van der Waals surface area (Å²) in [5, 5.41) is 5.56. The molecule has 0 unspecified atom stereocenters. The maximum atomic E-state index is 12.1. The molecule has 2 amide bonds. The van der Waals surface area contributed by atoms with Gasteiger partial charge in [-0.2, -0.15) is 4.31 Å². The highest BCUT2D eigenvalue weighted by atomic mass is 32.2. The van der Waals surface area contributed by atoms with E-state index in [1.165, 1.54) is 10.6 Å². The Bertz CT molecular complexity index is 514. The van der Waals surface area contributed by atoms with E-state index in [2.05, 4.69) is 10.6 Å². The van der Waals surface area contributed by atoms with E-state index in [0.717, 1.165) is 12.8 Å². The summed E-state index contributed by atoms with van der Waals surface area (Å²) >= 11 is 0. The minimum absolute atomic E-state index is 0.118. The van der Waals surface area contributed by atoms with Gasteiger partial charge in [-0.1, -0.05) is 0 Å². The fourth-order valence-electron chi connectivity index (χ4n) is 2.74. The van der Waals surface area contributed by atoms with Crippen molar-refractivity contribution in [3.63, 3.8) is 0 Å². The number of nitrogens with zero attached hydrogens (tertiary/aromatic N) is 2. The van der Waals surface area contributed by atoms with Crippen LogP contribution in [0.3, 0.4) is 0 Å². The second-order valence-electron chi connectivity index (χ2n) is 5.85. The molecule has 126 valence electrons. The number of nitrogens with one attached hydrogen (secondary N) is 2. The van der Waals surface area contributed by atoms with E-state index < -0.39 is 16.1 Å². The molecular weight excluding hydrogens is 308 g/mol. The van der Waals surface area contributed by atoms with Crippen molar-refractivity contribution in [2.45, 2.75) is 25.3 Å². The first-order chi connectivity index (χ1) is 10.4. The van der Waals surface area contributed by atoms with Crippen molar-refractivity contribution in [2.75, 3.05) is 45.5 Å². The SMILES string of the molecule is CS(=O)(=O)N1CCN(CC(=O)N[C@H]2CCCCNC2=O)CC1. The molecule has 1 atom stereocenters. The van der Waals surface area contributed by atoms with E-state index >= 15 is 0 Å². The predicted octanol–water partition coefficient (Wildman–Crippen LogP) is -1.65. The van der Waals surface area contributed by atoms with Crippen LogP contribution in [0.15, 0.2) is 0 Å². The second kappa shape index (κ2) is 7.38. The van der Waals surface area contributed by atoms with E-state index in [0.29, 0.717) is 39.1 Å². The van der Waals surface area contributed by atoms with E-state index in [-0.39, 0.29) is 18.4 Å². The molecule has 0 aliphatic carbocycles. The third-order valence-corrected chi connectivity index (χ3v) is 5.34. The summed E-state index contributed by atoms with van der Waals surface area (Å²) in [6.45, 7) is 2.71. The van der Waals surface area contributed by atoms with Gasteiger partial charge in [-0.05, 0) is 19.3 Å². The number of carbonyl (C=O) groups excluding carboxylic acids is 2. The van der Waals surface area contributed by atoms with Crippen LogP contribution in [0.5, 0.6) is 0 Å². The molecule has 2 N–H and O–H groups in total. The summed E-state index contributed by atoms with van der Waals surface area (Å²) in [6, 6.07) is -0.452. The standard InChI is InChI=1S/C13H24N4O4S/c1-22(20,21)17-8-6-16(7-9-17)10-12(18)15-11-4-2-3-5-14-13(11)19/h11H,2-10H2,1H3,(H,14,19)(H,15,18)/t11-/m0/s1. The van der Waals surface area contributed by atoms with Crippen molar-refractivity contribution >= 4 is 21.8 Å². The molecule has 2 heterocycles. The van der Waals surface area contributed by atoms with Gasteiger partial charge in [0.1, 0.15) is 6.04 Å². The molecular formula is C13H24N4O4S. The Balaban J connectivity index is 1.77. The molecule has 8 nitrogen and oxygen atoms in total. The second-order valence-corrected chi connectivity index (χ2v) is 7.83. The Morgan fingerprint density at radius 1 is 1.27 bits per heavy atom. The lowest BCUT2D eigenvalue weighted by atomic mass is 10.1. The number of hydrogen-bond donors (Lipinski definition) is 2. The average molecular weight is 332 g/mol. The molecule has 2 rings (SSSR count). The monoisotopic (exact) mass is 332 g/mol. The molecule has 0 bridgehead atoms. The Hall–Kier alpha value is -1.19. The molecule has 0 saturated carbocycles. The predicted molar refractivity (Wildman–Crippen MR) is 81.6 cm³/mol. The van der Waals surface area contributed by atoms with E-state index in [1.54, 1.807) is 0 Å². The number of amides is 2. The maximum absolute atomic E-state index is 12.1. The van der Waals surface area contributed by atoms with Crippen LogP contribution in [0.25, 0.3) is 0 Å². The number of hydrogen-bond acceptors (Lipinski definition) is 5. The highest BCUT2D eigenvalue weighted by Gasteiger charge is 2.26. The van der Waals surface area contributed by atoms with E-state index in [4.69, 9.17) is 0 Å². The molecule has 22 heavy (non-hydrogen) atoms. The maximum Gasteiger partial charge on any atom is 0.242 e. The molecule has 0 aromatic heterocycles. The molecule has 2 fully saturated rings. The van der Waals surface area contributed by atoms with Crippen molar-refractivity contribution < 1.29 is 18.0 Å². The van der Waals surface area contributed by atoms with Crippen LogP contribution in [-0.2, 0) is 19.6 Å². The third kappa shape index (κ3) is 4.92. The molecule has 2 saturated heterocycles. The number of rotatable bonds is 4. The molecule has 2 aliphatic rings. The number of carbonyl (C=O) groups is 2. The zero-order chi connectivity index (χ0) is 16.2. The lowest BCUT2D eigenvalue weighted by molar-refractivity contribution is -0.129. The normalized spacial score (nSPS) is 25.3. The van der Waals surface area contributed by atoms with Crippen LogP contribution < -0.4 is 10.6 Å². The summed E-state index contributed by atoms with van der Waals surface area (Å²) < 4.78 is 24.3. The third-order valence-electron chi connectivity index (χ3n) is 4.04. The van der Waals surface area contributed by atoms with Gasteiger partial charge in [0.2, 0.25) is 21.8 Å². The van der Waals surface area contributed by atoms with Crippen molar-refractivity contribution in [1.29, 1.82) is 0 Å². The topological polar surface area (TPSA) is 98.8 Å². The minimum atomic E-state index is -3.16. The van der Waals surface area contributed by atoms with Gasteiger partial charge in [0.05, 0.1) is 12.8 Å². The fraction of sp³-hybridized carbons (Fsp3) is 0.846. The van der Waals surface area contributed by atoms with Gasteiger partial charge in [0, 0.05) is 32.7 Å². The van der Waals surface area contributed by atoms with Crippen LogP contribution in [-0.4, -0.2) is 81.0 Å². The van der Waals surface area contributed by atoms with E-state index in [1.807, 2.05) is 4.90 Å². The zero-order valence-electron chi connectivity index (χ0n) is 12.9. The Morgan fingerprint density at radius 3 is 2.59 bits per heavy atom. The van der Waals surface area contributed by atoms with Gasteiger partial charge < -0.3 is 10.6 Å². The first-order valence-electron chi connectivity index (χ1n) is 7.61. The molecule has 9 heteroatoms.